The maximum absolute atomic E-state index is 13.6. The SMILES string of the molecule is CNc1nccc(-c2c(-c3ccc(F)cc3)nc3n2C(COc2cc(Cl)c4ccccc4n2)CC3)n1. The van der Waals surface area contributed by atoms with Crippen molar-refractivity contribution in [3.05, 3.63) is 83.5 Å². The van der Waals surface area contributed by atoms with Gasteiger partial charge in [-0.3, -0.25) is 0 Å². The zero-order valence-electron chi connectivity index (χ0n) is 19.4. The van der Waals surface area contributed by atoms with Gasteiger partial charge in [0.25, 0.3) is 0 Å². The molecule has 1 atom stereocenters. The Kier molecular flexibility index (Phi) is 5.73. The highest BCUT2D eigenvalue weighted by molar-refractivity contribution is 6.35. The van der Waals surface area contributed by atoms with E-state index in [4.69, 9.17) is 21.3 Å². The third kappa shape index (κ3) is 4.03. The van der Waals surface area contributed by atoms with Crippen LogP contribution in [0.1, 0.15) is 18.3 Å². The molecule has 2 aromatic carbocycles. The Balaban J connectivity index is 1.39. The molecule has 7 nitrogen and oxygen atoms in total. The minimum Gasteiger partial charge on any atom is -0.475 e. The van der Waals surface area contributed by atoms with E-state index in [1.54, 1.807) is 31.4 Å². The summed E-state index contributed by atoms with van der Waals surface area (Å²) in [4.78, 5) is 18.5. The van der Waals surface area contributed by atoms with Crippen LogP contribution < -0.4 is 10.1 Å². The maximum Gasteiger partial charge on any atom is 0.222 e. The monoisotopic (exact) mass is 500 g/mol. The minimum atomic E-state index is -0.292. The third-order valence-electron chi connectivity index (χ3n) is 6.36. The first-order valence-electron chi connectivity index (χ1n) is 11.7. The lowest BCUT2D eigenvalue weighted by molar-refractivity contribution is 0.248. The molecule has 6 rings (SSSR count). The van der Waals surface area contributed by atoms with Crippen LogP contribution in [-0.4, -0.2) is 38.2 Å². The maximum atomic E-state index is 13.6. The number of hydrogen-bond donors (Lipinski definition) is 1. The van der Waals surface area contributed by atoms with Gasteiger partial charge in [0, 0.05) is 36.7 Å². The number of halogens is 2. The number of anilines is 1. The van der Waals surface area contributed by atoms with Gasteiger partial charge in [0.1, 0.15) is 18.2 Å². The van der Waals surface area contributed by atoms with Crippen molar-refractivity contribution < 1.29 is 9.13 Å². The van der Waals surface area contributed by atoms with Crippen molar-refractivity contribution >= 4 is 28.5 Å². The summed E-state index contributed by atoms with van der Waals surface area (Å²) in [5, 5.41) is 4.49. The molecule has 1 unspecified atom stereocenters. The van der Waals surface area contributed by atoms with Gasteiger partial charge in [0.05, 0.1) is 33.7 Å². The summed E-state index contributed by atoms with van der Waals surface area (Å²) in [5.41, 5.74) is 3.94. The first kappa shape index (κ1) is 22.4. The molecule has 1 N–H and O–H groups in total. The molecule has 4 heterocycles. The van der Waals surface area contributed by atoms with E-state index in [0.717, 1.165) is 52.2 Å². The number of imidazole rings is 1. The number of rotatable bonds is 6. The lowest BCUT2D eigenvalue weighted by Gasteiger charge is -2.18. The Morgan fingerprint density at radius 2 is 1.92 bits per heavy atom. The summed E-state index contributed by atoms with van der Waals surface area (Å²) in [7, 11) is 1.78. The number of para-hydroxylation sites is 1. The first-order chi connectivity index (χ1) is 17.6. The number of pyridine rings is 1. The lowest BCUT2D eigenvalue weighted by Crippen LogP contribution is -2.16. The van der Waals surface area contributed by atoms with Crippen molar-refractivity contribution in [3.63, 3.8) is 0 Å². The molecule has 1 aliphatic rings. The van der Waals surface area contributed by atoms with E-state index in [1.165, 1.54) is 12.1 Å². The summed E-state index contributed by atoms with van der Waals surface area (Å²) in [6, 6.07) is 17.7. The van der Waals surface area contributed by atoms with Crippen molar-refractivity contribution in [1.29, 1.82) is 0 Å². The van der Waals surface area contributed by atoms with E-state index in [-0.39, 0.29) is 11.9 Å². The molecule has 180 valence electrons. The molecule has 0 saturated carbocycles. The largest absolute Gasteiger partial charge is 0.475 e. The molecule has 5 aromatic rings. The Morgan fingerprint density at radius 3 is 2.75 bits per heavy atom. The molecule has 0 bridgehead atoms. The van der Waals surface area contributed by atoms with Crippen molar-refractivity contribution in [1.82, 2.24) is 24.5 Å². The van der Waals surface area contributed by atoms with Gasteiger partial charge in [0.2, 0.25) is 11.8 Å². The second-order valence-electron chi connectivity index (χ2n) is 8.58. The predicted octanol–water partition coefficient (Wildman–Crippen LogP) is 5.96. The fraction of sp³-hybridized carbons (Fsp3) is 0.185. The molecular weight excluding hydrogens is 479 g/mol. The van der Waals surface area contributed by atoms with Crippen molar-refractivity contribution in [2.24, 2.45) is 0 Å². The van der Waals surface area contributed by atoms with E-state index >= 15 is 0 Å². The van der Waals surface area contributed by atoms with Gasteiger partial charge >= 0.3 is 0 Å². The van der Waals surface area contributed by atoms with Crippen molar-refractivity contribution in [2.75, 3.05) is 19.0 Å². The molecule has 0 radical (unpaired) electrons. The smallest absolute Gasteiger partial charge is 0.222 e. The predicted molar refractivity (Wildman–Crippen MR) is 138 cm³/mol. The van der Waals surface area contributed by atoms with Crippen LogP contribution in [0.2, 0.25) is 5.02 Å². The molecule has 0 spiro atoms. The summed E-state index contributed by atoms with van der Waals surface area (Å²) in [6.07, 6.45) is 3.37. The summed E-state index contributed by atoms with van der Waals surface area (Å²) < 4.78 is 22.0. The first-order valence-corrected chi connectivity index (χ1v) is 12.0. The topological polar surface area (TPSA) is 77.8 Å². The minimum absolute atomic E-state index is 0.0109. The van der Waals surface area contributed by atoms with Crippen LogP contribution in [0.4, 0.5) is 10.3 Å². The summed E-state index contributed by atoms with van der Waals surface area (Å²) in [6.45, 7) is 0.394. The highest BCUT2D eigenvalue weighted by Gasteiger charge is 2.31. The van der Waals surface area contributed by atoms with Gasteiger partial charge < -0.3 is 14.6 Å². The number of nitrogens with one attached hydrogen (secondary N) is 1. The molecule has 0 aliphatic carbocycles. The fourth-order valence-electron chi connectivity index (χ4n) is 4.66. The second kappa shape index (κ2) is 9.20. The molecule has 0 fully saturated rings. The number of hydrogen-bond acceptors (Lipinski definition) is 6. The molecule has 36 heavy (non-hydrogen) atoms. The van der Waals surface area contributed by atoms with Crippen LogP contribution >= 0.6 is 11.6 Å². The van der Waals surface area contributed by atoms with Gasteiger partial charge in [-0.25, -0.2) is 24.3 Å². The Labute approximate surface area is 212 Å². The van der Waals surface area contributed by atoms with Crippen LogP contribution in [0, 0.1) is 5.82 Å². The Bertz CT molecular complexity index is 1570. The highest BCUT2D eigenvalue weighted by atomic mass is 35.5. The lowest BCUT2D eigenvalue weighted by atomic mass is 10.1. The van der Waals surface area contributed by atoms with Gasteiger partial charge in [-0.05, 0) is 42.8 Å². The number of aromatic nitrogens is 5. The second-order valence-corrected chi connectivity index (χ2v) is 8.99. The summed E-state index contributed by atoms with van der Waals surface area (Å²) in [5.74, 6) is 1.63. The third-order valence-corrected chi connectivity index (χ3v) is 6.67. The number of fused-ring (bicyclic) bond motifs is 2. The van der Waals surface area contributed by atoms with Crippen LogP contribution in [0.25, 0.3) is 33.5 Å². The molecule has 0 saturated heterocycles. The fourth-order valence-corrected chi connectivity index (χ4v) is 4.92. The van der Waals surface area contributed by atoms with Gasteiger partial charge in [0.15, 0.2) is 0 Å². The zero-order valence-corrected chi connectivity index (χ0v) is 20.2. The van der Waals surface area contributed by atoms with E-state index in [0.29, 0.717) is 23.5 Å². The van der Waals surface area contributed by atoms with Crippen LogP contribution in [0.15, 0.2) is 66.9 Å². The van der Waals surface area contributed by atoms with Crippen LogP contribution in [0.5, 0.6) is 5.88 Å². The molecule has 9 heteroatoms. The number of benzene rings is 2. The highest BCUT2D eigenvalue weighted by Crippen LogP contribution is 2.39. The Hall–Kier alpha value is -4.04. The standard InChI is InChI=1S/C27H22ClFN6O/c1-30-27-31-13-12-22(33-27)26-25(16-6-8-17(29)9-7-16)34-23-11-10-18(35(23)26)15-36-24-14-20(28)19-4-2-3-5-21(19)32-24/h2-9,12-14,18H,10-11,15H2,1H3,(H,30,31,33). The van der Waals surface area contributed by atoms with Crippen molar-refractivity contribution in [3.8, 4) is 28.5 Å². The average Bonchev–Trinajstić information content (AvgIpc) is 3.47. The normalized spacial score (nSPS) is 14.7. The van der Waals surface area contributed by atoms with Gasteiger partial charge in [-0.1, -0.05) is 29.8 Å². The number of aryl methyl sites for hydroxylation is 1. The molecule has 3 aromatic heterocycles. The van der Waals surface area contributed by atoms with E-state index in [2.05, 4.69) is 24.8 Å². The molecule has 0 amide bonds. The van der Waals surface area contributed by atoms with Gasteiger partial charge in [-0.15, -0.1) is 0 Å². The number of nitrogens with zero attached hydrogens (tertiary/aromatic N) is 5. The molecule has 1 aliphatic heterocycles. The van der Waals surface area contributed by atoms with Crippen LogP contribution in [0.3, 0.4) is 0 Å². The van der Waals surface area contributed by atoms with E-state index in [1.807, 2.05) is 30.3 Å². The van der Waals surface area contributed by atoms with Crippen molar-refractivity contribution in [2.45, 2.75) is 18.9 Å². The summed E-state index contributed by atoms with van der Waals surface area (Å²) >= 11 is 6.47. The van der Waals surface area contributed by atoms with Crippen LogP contribution in [-0.2, 0) is 6.42 Å². The molecular formula is C27H22ClFN6O. The zero-order chi connectivity index (χ0) is 24.6. The Morgan fingerprint density at radius 1 is 1.08 bits per heavy atom. The van der Waals surface area contributed by atoms with E-state index < -0.39 is 0 Å². The van der Waals surface area contributed by atoms with E-state index in [9.17, 15) is 4.39 Å². The average molecular weight is 501 g/mol. The number of ether oxygens (including phenoxy) is 1. The van der Waals surface area contributed by atoms with Gasteiger partial charge in [-0.2, -0.15) is 0 Å². The quantitative estimate of drug-likeness (QED) is 0.310.